The van der Waals surface area contributed by atoms with E-state index in [4.69, 9.17) is 0 Å². The standard InChI is InChI=1S/C14H19NO2S/c1-10-7-8-15(9-13(10)16)14(17)11-3-5-12(18-2)6-4-11/h3-6,10,13,16H,7-9H2,1-2H3. The molecule has 0 spiro atoms. The topological polar surface area (TPSA) is 40.5 Å². The van der Waals surface area contributed by atoms with Gasteiger partial charge in [0.1, 0.15) is 0 Å². The van der Waals surface area contributed by atoms with E-state index in [2.05, 4.69) is 0 Å². The van der Waals surface area contributed by atoms with E-state index in [-0.39, 0.29) is 11.8 Å². The minimum absolute atomic E-state index is 0.0219. The Bertz CT molecular complexity index is 418. The minimum atomic E-state index is -0.395. The average Bonchev–Trinajstić information content (AvgIpc) is 2.41. The van der Waals surface area contributed by atoms with Crippen LogP contribution in [0.3, 0.4) is 0 Å². The molecule has 1 aliphatic rings. The highest BCUT2D eigenvalue weighted by Gasteiger charge is 2.27. The number of amides is 1. The van der Waals surface area contributed by atoms with Crippen molar-refractivity contribution in [3.05, 3.63) is 29.8 Å². The number of aliphatic hydroxyl groups excluding tert-OH is 1. The smallest absolute Gasteiger partial charge is 0.253 e. The fourth-order valence-corrected chi connectivity index (χ4v) is 2.56. The molecule has 2 atom stereocenters. The number of rotatable bonds is 2. The Hall–Kier alpha value is -1.00. The number of aliphatic hydroxyl groups is 1. The van der Waals surface area contributed by atoms with Crippen molar-refractivity contribution in [1.29, 1.82) is 0 Å². The van der Waals surface area contributed by atoms with Crippen molar-refractivity contribution in [2.75, 3.05) is 19.3 Å². The second kappa shape index (κ2) is 5.76. The summed E-state index contributed by atoms with van der Waals surface area (Å²) in [6, 6.07) is 7.64. The number of likely N-dealkylation sites (tertiary alicyclic amines) is 1. The number of nitrogens with zero attached hydrogens (tertiary/aromatic N) is 1. The molecule has 1 aliphatic heterocycles. The van der Waals surface area contributed by atoms with E-state index in [1.165, 1.54) is 0 Å². The molecule has 1 fully saturated rings. The van der Waals surface area contributed by atoms with Crippen molar-refractivity contribution in [1.82, 2.24) is 4.90 Å². The van der Waals surface area contributed by atoms with Gasteiger partial charge in [-0.3, -0.25) is 4.79 Å². The molecular weight excluding hydrogens is 246 g/mol. The lowest BCUT2D eigenvalue weighted by atomic mass is 9.95. The highest BCUT2D eigenvalue weighted by Crippen LogP contribution is 2.20. The SMILES string of the molecule is CSc1ccc(C(=O)N2CCC(C)C(O)C2)cc1. The van der Waals surface area contributed by atoms with Crippen LogP contribution in [0.4, 0.5) is 0 Å². The summed E-state index contributed by atoms with van der Waals surface area (Å²) < 4.78 is 0. The van der Waals surface area contributed by atoms with Gasteiger partial charge in [-0.1, -0.05) is 6.92 Å². The molecule has 1 saturated heterocycles. The highest BCUT2D eigenvalue weighted by atomic mass is 32.2. The number of carbonyl (C=O) groups excluding carboxylic acids is 1. The van der Waals surface area contributed by atoms with Gasteiger partial charge >= 0.3 is 0 Å². The number of benzene rings is 1. The van der Waals surface area contributed by atoms with Crippen LogP contribution < -0.4 is 0 Å². The zero-order chi connectivity index (χ0) is 13.1. The molecule has 1 aromatic carbocycles. The van der Waals surface area contributed by atoms with Crippen LogP contribution in [0.25, 0.3) is 0 Å². The number of piperidine rings is 1. The highest BCUT2D eigenvalue weighted by molar-refractivity contribution is 7.98. The Morgan fingerprint density at radius 2 is 2.06 bits per heavy atom. The number of hydrogen-bond acceptors (Lipinski definition) is 3. The normalized spacial score (nSPS) is 24.1. The molecule has 18 heavy (non-hydrogen) atoms. The zero-order valence-electron chi connectivity index (χ0n) is 10.8. The van der Waals surface area contributed by atoms with Crippen LogP contribution in [-0.4, -0.2) is 41.4 Å². The van der Waals surface area contributed by atoms with Gasteiger partial charge in [-0.15, -0.1) is 11.8 Å². The zero-order valence-corrected chi connectivity index (χ0v) is 11.6. The maximum absolute atomic E-state index is 12.3. The summed E-state index contributed by atoms with van der Waals surface area (Å²) in [4.78, 5) is 15.2. The van der Waals surface area contributed by atoms with E-state index in [1.54, 1.807) is 16.7 Å². The summed E-state index contributed by atoms with van der Waals surface area (Å²) in [5.74, 6) is 0.307. The van der Waals surface area contributed by atoms with E-state index < -0.39 is 6.10 Å². The second-order valence-electron chi connectivity index (χ2n) is 4.81. The number of hydrogen-bond donors (Lipinski definition) is 1. The summed E-state index contributed by atoms with van der Waals surface area (Å²) in [5.41, 5.74) is 0.703. The van der Waals surface area contributed by atoms with Gasteiger partial charge in [0.15, 0.2) is 0 Å². The molecule has 2 unspecified atom stereocenters. The predicted octanol–water partition coefficient (Wildman–Crippen LogP) is 2.25. The molecule has 0 radical (unpaired) electrons. The fraction of sp³-hybridized carbons (Fsp3) is 0.500. The molecule has 0 aliphatic carbocycles. The Labute approximate surface area is 112 Å². The summed E-state index contributed by atoms with van der Waals surface area (Å²) in [5, 5.41) is 9.83. The molecule has 1 aromatic rings. The van der Waals surface area contributed by atoms with Crippen molar-refractivity contribution >= 4 is 17.7 Å². The van der Waals surface area contributed by atoms with Gasteiger partial charge in [-0.05, 0) is 42.9 Å². The van der Waals surface area contributed by atoms with Crippen LogP contribution in [0.15, 0.2) is 29.2 Å². The van der Waals surface area contributed by atoms with Crippen molar-refractivity contribution in [2.45, 2.75) is 24.3 Å². The molecule has 1 heterocycles. The van der Waals surface area contributed by atoms with Gasteiger partial charge in [-0.2, -0.15) is 0 Å². The van der Waals surface area contributed by atoms with Crippen LogP contribution >= 0.6 is 11.8 Å². The van der Waals surface area contributed by atoms with E-state index in [1.807, 2.05) is 37.4 Å². The summed E-state index contributed by atoms with van der Waals surface area (Å²) in [6.45, 7) is 3.21. The van der Waals surface area contributed by atoms with Gasteiger partial charge in [0.2, 0.25) is 0 Å². The first-order valence-corrected chi connectivity index (χ1v) is 7.45. The number of thioether (sulfide) groups is 1. The van der Waals surface area contributed by atoms with Crippen molar-refractivity contribution in [3.8, 4) is 0 Å². The molecule has 0 saturated carbocycles. The molecule has 1 N–H and O–H groups in total. The second-order valence-corrected chi connectivity index (χ2v) is 5.69. The first-order valence-electron chi connectivity index (χ1n) is 6.23. The van der Waals surface area contributed by atoms with Crippen LogP contribution in [0.5, 0.6) is 0 Å². The first kappa shape index (κ1) is 13.4. The molecular formula is C14H19NO2S. The third-order valence-electron chi connectivity index (χ3n) is 3.54. The lowest BCUT2D eigenvalue weighted by Gasteiger charge is -2.34. The van der Waals surface area contributed by atoms with Crippen LogP contribution in [0.1, 0.15) is 23.7 Å². The summed E-state index contributed by atoms with van der Waals surface area (Å²) in [6.07, 6.45) is 2.49. The summed E-state index contributed by atoms with van der Waals surface area (Å²) >= 11 is 1.66. The molecule has 2 rings (SSSR count). The molecule has 98 valence electrons. The molecule has 0 aromatic heterocycles. The van der Waals surface area contributed by atoms with Gasteiger partial charge < -0.3 is 10.0 Å². The van der Waals surface area contributed by atoms with Gasteiger partial charge in [-0.25, -0.2) is 0 Å². The molecule has 4 heteroatoms. The third kappa shape index (κ3) is 2.87. The van der Waals surface area contributed by atoms with E-state index in [0.717, 1.165) is 17.9 Å². The Morgan fingerprint density at radius 1 is 1.39 bits per heavy atom. The predicted molar refractivity (Wildman–Crippen MR) is 73.9 cm³/mol. The Kier molecular flexibility index (Phi) is 4.30. The third-order valence-corrected chi connectivity index (χ3v) is 4.29. The van der Waals surface area contributed by atoms with Gasteiger partial charge in [0, 0.05) is 23.5 Å². The number of β-amino-alcohol motifs (C(OH)–C–C–N with tert-alkyl or cyclic N) is 1. The number of carbonyl (C=O) groups is 1. The molecule has 0 bridgehead atoms. The molecule has 1 amide bonds. The maximum atomic E-state index is 12.3. The molecule has 3 nitrogen and oxygen atoms in total. The van der Waals surface area contributed by atoms with E-state index in [9.17, 15) is 9.90 Å². The van der Waals surface area contributed by atoms with Gasteiger partial charge in [0.05, 0.1) is 6.10 Å². The lowest BCUT2D eigenvalue weighted by molar-refractivity contribution is 0.0248. The Morgan fingerprint density at radius 3 is 2.61 bits per heavy atom. The fourth-order valence-electron chi connectivity index (χ4n) is 2.15. The lowest BCUT2D eigenvalue weighted by Crippen LogP contribution is -2.45. The quantitative estimate of drug-likeness (QED) is 0.834. The van der Waals surface area contributed by atoms with Crippen molar-refractivity contribution in [3.63, 3.8) is 0 Å². The van der Waals surface area contributed by atoms with Gasteiger partial charge in [0.25, 0.3) is 5.91 Å². The monoisotopic (exact) mass is 265 g/mol. The average molecular weight is 265 g/mol. The maximum Gasteiger partial charge on any atom is 0.253 e. The first-order chi connectivity index (χ1) is 8.61. The van der Waals surface area contributed by atoms with Crippen LogP contribution in [0.2, 0.25) is 0 Å². The van der Waals surface area contributed by atoms with Crippen LogP contribution in [0, 0.1) is 5.92 Å². The largest absolute Gasteiger partial charge is 0.391 e. The minimum Gasteiger partial charge on any atom is -0.391 e. The van der Waals surface area contributed by atoms with Crippen molar-refractivity contribution < 1.29 is 9.90 Å². The van der Waals surface area contributed by atoms with Crippen LogP contribution in [-0.2, 0) is 0 Å². The van der Waals surface area contributed by atoms with Crippen molar-refractivity contribution in [2.24, 2.45) is 5.92 Å². The van der Waals surface area contributed by atoms with E-state index in [0.29, 0.717) is 12.1 Å². The summed E-state index contributed by atoms with van der Waals surface area (Å²) in [7, 11) is 0. The Balaban J connectivity index is 2.06. The van der Waals surface area contributed by atoms with E-state index >= 15 is 0 Å².